The molecule has 9 nitrogen and oxygen atoms in total. The minimum atomic E-state index is -0.537. The average Bonchev–Trinajstić information content (AvgIpc) is 2.94. The number of nitrogens with zero attached hydrogens (tertiary/aromatic N) is 3. The standard InChI is InChI=1S/C13H15N7O2S/c1-16-11(6-20(21)22)17-9-4-2-3-8(5-9)10-7-23-13(18-10)19-12(14)15/h2-7,16-17H,1H3,(H4,14,15,18,19)/b11-6-. The molecular weight excluding hydrogens is 318 g/mol. The summed E-state index contributed by atoms with van der Waals surface area (Å²) in [5.41, 5.74) is 12.9. The van der Waals surface area contributed by atoms with Crippen LogP contribution in [0.2, 0.25) is 0 Å². The smallest absolute Gasteiger partial charge is 0.274 e. The Kier molecular flexibility index (Phi) is 5.10. The topological polar surface area (TPSA) is 144 Å². The van der Waals surface area contributed by atoms with Gasteiger partial charge in [0, 0.05) is 23.7 Å². The molecule has 0 unspecified atom stereocenters. The highest BCUT2D eigenvalue weighted by molar-refractivity contribution is 7.13. The van der Waals surface area contributed by atoms with Crippen LogP contribution < -0.4 is 22.1 Å². The molecule has 0 bridgehead atoms. The maximum Gasteiger partial charge on any atom is 0.274 e. The fraction of sp³-hybridized carbons (Fsp3) is 0.0769. The van der Waals surface area contributed by atoms with Crippen molar-refractivity contribution < 1.29 is 4.92 Å². The second-order valence-electron chi connectivity index (χ2n) is 4.34. The molecule has 2 rings (SSSR count). The van der Waals surface area contributed by atoms with E-state index in [0.717, 1.165) is 11.8 Å². The van der Waals surface area contributed by atoms with E-state index in [-0.39, 0.29) is 11.8 Å². The molecule has 0 aliphatic rings. The number of benzene rings is 1. The summed E-state index contributed by atoms with van der Waals surface area (Å²) < 4.78 is 0. The third kappa shape index (κ3) is 4.68. The zero-order valence-corrected chi connectivity index (χ0v) is 13.0. The van der Waals surface area contributed by atoms with Crippen LogP contribution in [0.1, 0.15) is 0 Å². The quantitative estimate of drug-likeness (QED) is 0.271. The number of nitrogens with two attached hydrogens (primary N) is 2. The molecule has 0 amide bonds. The SMILES string of the molecule is CN/C(=C/[N+](=O)[O-])Nc1cccc(-c2csc(N=C(N)N)n2)c1. The zero-order chi connectivity index (χ0) is 16.8. The Morgan fingerprint density at radius 3 is 2.91 bits per heavy atom. The van der Waals surface area contributed by atoms with Crippen molar-refractivity contribution in [3.05, 3.63) is 51.8 Å². The van der Waals surface area contributed by atoms with E-state index < -0.39 is 4.92 Å². The summed E-state index contributed by atoms with van der Waals surface area (Å²) in [7, 11) is 1.59. The van der Waals surface area contributed by atoms with Crippen LogP contribution in [0.3, 0.4) is 0 Å². The number of aliphatic imine (C=N–C) groups is 1. The fourth-order valence-corrected chi connectivity index (χ4v) is 2.45. The Bertz CT molecular complexity index is 765. The van der Waals surface area contributed by atoms with Crippen LogP contribution in [0.4, 0.5) is 10.8 Å². The number of anilines is 1. The second kappa shape index (κ2) is 7.22. The number of hydrogen-bond donors (Lipinski definition) is 4. The van der Waals surface area contributed by atoms with E-state index in [2.05, 4.69) is 20.6 Å². The molecule has 0 saturated carbocycles. The predicted molar refractivity (Wildman–Crippen MR) is 90.8 cm³/mol. The van der Waals surface area contributed by atoms with Gasteiger partial charge in [0.15, 0.2) is 11.8 Å². The minimum Gasteiger partial charge on any atom is -0.370 e. The van der Waals surface area contributed by atoms with Gasteiger partial charge in [0.05, 0.1) is 10.6 Å². The lowest BCUT2D eigenvalue weighted by molar-refractivity contribution is -0.403. The summed E-state index contributed by atoms with van der Waals surface area (Å²) in [6.45, 7) is 0. The lowest BCUT2D eigenvalue weighted by Crippen LogP contribution is -2.21. The number of rotatable bonds is 6. The lowest BCUT2D eigenvalue weighted by atomic mass is 10.1. The fourth-order valence-electron chi connectivity index (χ4n) is 1.74. The van der Waals surface area contributed by atoms with Gasteiger partial charge in [-0.15, -0.1) is 11.3 Å². The molecule has 0 atom stereocenters. The highest BCUT2D eigenvalue weighted by atomic mass is 32.1. The number of aromatic nitrogens is 1. The molecule has 1 heterocycles. The second-order valence-corrected chi connectivity index (χ2v) is 5.17. The highest BCUT2D eigenvalue weighted by Gasteiger charge is 2.07. The monoisotopic (exact) mass is 333 g/mol. The molecular formula is C13H15N7O2S. The van der Waals surface area contributed by atoms with Gasteiger partial charge in [-0.2, -0.15) is 4.99 Å². The van der Waals surface area contributed by atoms with Gasteiger partial charge in [-0.1, -0.05) is 12.1 Å². The number of nitrogens with one attached hydrogen (secondary N) is 2. The summed E-state index contributed by atoms with van der Waals surface area (Å²) in [5.74, 6) is 0.219. The Balaban J connectivity index is 2.24. The van der Waals surface area contributed by atoms with E-state index in [4.69, 9.17) is 11.5 Å². The first-order chi connectivity index (χ1) is 11.0. The molecule has 0 saturated heterocycles. The Labute approximate surface area is 135 Å². The Morgan fingerprint density at radius 2 is 2.26 bits per heavy atom. The Morgan fingerprint density at radius 1 is 1.48 bits per heavy atom. The van der Waals surface area contributed by atoms with Crippen LogP contribution in [0, 0.1) is 10.1 Å². The van der Waals surface area contributed by atoms with Crippen molar-refractivity contribution in [1.29, 1.82) is 0 Å². The van der Waals surface area contributed by atoms with E-state index in [1.807, 2.05) is 23.6 Å². The van der Waals surface area contributed by atoms with Crippen LogP contribution in [0.25, 0.3) is 11.3 Å². The molecule has 120 valence electrons. The molecule has 0 spiro atoms. The van der Waals surface area contributed by atoms with E-state index in [1.165, 1.54) is 11.3 Å². The van der Waals surface area contributed by atoms with Crippen molar-refractivity contribution in [3.8, 4) is 11.3 Å². The van der Waals surface area contributed by atoms with Crippen molar-refractivity contribution in [1.82, 2.24) is 10.3 Å². The largest absolute Gasteiger partial charge is 0.370 e. The van der Waals surface area contributed by atoms with Crippen molar-refractivity contribution >= 4 is 28.1 Å². The maximum atomic E-state index is 10.5. The summed E-state index contributed by atoms with van der Waals surface area (Å²) in [6.07, 6.45) is 0.854. The van der Waals surface area contributed by atoms with Crippen LogP contribution in [0.15, 0.2) is 46.7 Å². The molecule has 0 aliphatic carbocycles. The van der Waals surface area contributed by atoms with Crippen molar-refractivity contribution in [3.63, 3.8) is 0 Å². The summed E-state index contributed by atoms with van der Waals surface area (Å²) in [4.78, 5) is 18.2. The summed E-state index contributed by atoms with van der Waals surface area (Å²) >= 11 is 1.31. The lowest BCUT2D eigenvalue weighted by Gasteiger charge is -2.08. The van der Waals surface area contributed by atoms with E-state index >= 15 is 0 Å². The van der Waals surface area contributed by atoms with Crippen molar-refractivity contribution in [2.45, 2.75) is 0 Å². The third-order valence-corrected chi connectivity index (χ3v) is 3.39. The van der Waals surface area contributed by atoms with Gasteiger partial charge >= 0.3 is 0 Å². The highest BCUT2D eigenvalue weighted by Crippen LogP contribution is 2.28. The van der Waals surface area contributed by atoms with E-state index in [9.17, 15) is 10.1 Å². The molecule has 1 aromatic carbocycles. The number of nitro groups is 1. The first-order valence-corrected chi connectivity index (χ1v) is 7.31. The predicted octanol–water partition coefficient (Wildman–Crippen LogP) is 1.42. The van der Waals surface area contributed by atoms with Crippen LogP contribution >= 0.6 is 11.3 Å². The van der Waals surface area contributed by atoms with Gasteiger partial charge in [-0.25, -0.2) is 4.98 Å². The number of guanidine groups is 1. The van der Waals surface area contributed by atoms with Gasteiger partial charge in [0.1, 0.15) is 0 Å². The zero-order valence-electron chi connectivity index (χ0n) is 12.2. The molecule has 10 heteroatoms. The van der Waals surface area contributed by atoms with Crippen LogP contribution in [-0.4, -0.2) is 22.9 Å². The molecule has 0 fully saturated rings. The van der Waals surface area contributed by atoms with Gasteiger partial charge < -0.3 is 22.1 Å². The summed E-state index contributed by atoms with van der Waals surface area (Å²) in [6, 6.07) is 7.30. The first kappa shape index (κ1) is 16.2. The van der Waals surface area contributed by atoms with E-state index in [1.54, 1.807) is 13.1 Å². The van der Waals surface area contributed by atoms with Crippen LogP contribution in [-0.2, 0) is 0 Å². The number of thiazole rings is 1. The molecule has 6 N–H and O–H groups in total. The van der Waals surface area contributed by atoms with Gasteiger partial charge in [-0.05, 0) is 12.1 Å². The maximum absolute atomic E-state index is 10.5. The van der Waals surface area contributed by atoms with Gasteiger partial charge in [0.2, 0.25) is 5.13 Å². The van der Waals surface area contributed by atoms with Crippen molar-refractivity contribution in [2.24, 2.45) is 16.5 Å². The minimum absolute atomic E-state index is 0.0510. The number of hydrogen-bond acceptors (Lipinski definition) is 7. The average molecular weight is 333 g/mol. The third-order valence-electron chi connectivity index (χ3n) is 2.66. The summed E-state index contributed by atoms with van der Waals surface area (Å²) in [5, 5.41) is 18.5. The molecule has 2 aromatic rings. The Hall–Kier alpha value is -3.14. The normalized spacial score (nSPS) is 10.9. The van der Waals surface area contributed by atoms with Crippen LogP contribution in [0.5, 0.6) is 0 Å². The van der Waals surface area contributed by atoms with Gasteiger partial charge in [-0.3, -0.25) is 10.1 Å². The molecule has 0 radical (unpaired) electrons. The van der Waals surface area contributed by atoms with Crippen molar-refractivity contribution in [2.75, 3.05) is 12.4 Å². The molecule has 1 aromatic heterocycles. The molecule has 23 heavy (non-hydrogen) atoms. The first-order valence-electron chi connectivity index (χ1n) is 6.43. The van der Waals surface area contributed by atoms with E-state index in [0.29, 0.717) is 16.5 Å². The van der Waals surface area contributed by atoms with Gasteiger partial charge in [0.25, 0.3) is 6.20 Å². The molecule has 0 aliphatic heterocycles.